The molecule has 0 atom stereocenters. The van der Waals surface area contributed by atoms with E-state index in [0.717, 1.165) is 18.9 Å². The Kier molecular flexibility index (Phi) is 3.68. The van der Waals surface area contributed by atoms with Crippen LogP contribution < -0.4 is 10.3 Å². The molecule has 2 aliphatic rings. The van der Waals surface area contributed by atoms with Crippen LogP contribution >= 0.6 is 11.6 Å². The Bertz CT molecular complexity index is 1130. The number of methoxy groups -OCH3 is 1. The standard InChI is InChI=1S/C17H14ClNO6S/c1-25-13-6-14-10(5-12(13)18)15-8(7-26(14,23)24)4-11(17(21)22)16(20)19(15)9-2-3-9/h4-6,9H,2-3,7H2,1H3,(H,21,22). The van der Waals surface area contributed by atoms with Crippen LogP contribution in [0.4, 0.5) is 0 Å². The number of sulfone groups is 1. The van der Waals surface area contributed by atoms with Gasteiger partial charge in [-0.25, -0.2) is 13.2 Å². The first-order chi connectivity index (χ1) is 12.2. The lowest BCUT2D eigenvalue weighted by molar-refractivity contribution is 0.0694. The monoisotopic (exact) mass is 395 g/mol. The number of aromatic nitrogens is 1. The van der Waals surface area contributed by atoms with E-state index in [4.69, 9.17) is 16.3 Å². The number of carboxylic acid groups (broad SMARTS) is 1. The Morgan fingerprint density at radius 3 is 2.58 bits per heavy atom. The molecule has 1 saturated carbocycles. The van der Waals surface area contributed by atoms with Crippen LogP contribution in [0, 0.1) is 0 Å². The first-order valence-corrected chi connectivity index (χ1v) is 9.90. The second kappa shape index (κ2) is 5.59. The minimum absolute atomic E-state index is 0.0307. The van der Waals surface area contributed by atoms with Crippen LogP contribution in [0.25, 0.3) is 11.3 Å². The molecule has 4 rings (SSSR count). The van der Waals surface area contributed by atoms with Gasteiger partial charge in [0.15, 0.2) is 9.84 Å². The summed E-state index contributed by atoms with van der Waals surface area (Å²) in [7, 11) is -2.34. The van der Waals surface area contributed by atoms with Crippen molar-refractivity contribution < 1.29 is 23.1 Å². The Morgan fingerprint density at radius 2 is 2.00 bits per heavy atom. The molecule has 0 bridgehead atoms. The zero-order chi connectivity index (χ0) is 18.8. The van der Waals surface area contributed by atoms with Crippen LogP contribution in [-0.2, 0) is 15.6 Å². The van der Waals surface area contributed by atoms with Crippen LogP contribution in [0.3, 0.4) is 0 Å². The summed E-state index contributed by atoms with van der Waals surface area (Å²) >= 11 is 6.19. The molecule has 0 amide bonds. The summed E-state index contributed by atoms with van der Waals surface area (Å²) in [5, 5.41) is 9.55. The molecular weight excluding hydrogens is 382 g/mol. The van der Waals surface area contributed by atoms with Crippen LogP contribution in [0.5, 0.6) is 5.75 Å². The molecule has 2 aromatic rings. The third kappa shape index (κ3) is 2.44. The van der Waals surface area contributed by atoms with Crippen molar-refractivity contribution in [3.05, 3.63) is 44.7 Å². The maximum absolute atomic E-state index is 12.7. The summed E-state index contributed by atoms with van der Waals surface area (Å²) in [6.45, 7) is 0. The van der Waals surface area contributed by atoms with Gasteiger partial charge in [-0.3, -0.25) is 4.79 Å². The van der Waals surface area contributed by atoms with Gasteiger partial charge in [0, 0.05) is 17.7 Å². The lowest BCUT2D eigenvalue weighted by Gasteiger charge is -2.25. The lowest BCUT2D eigenvalue weighted by Crippen LogP contribution is -2.30. The van der Waals surface area contributed by atoms with Crippen LogP contribution in [0.1, 0.15) is 34.8 Å². The van der Waals surface area contributed by atoms with E-state index in [2.05, 4.69) is 0 Å². The van der Waals surface area contributed by atoms with E-state index in [1.54, 1.807) is 0 Å². The summed E-state index contributed by atoms with van der Waals surface area (Å²) < 4.78 is 32.0. The van der Waals surface area contributed by atoms with Gasteiger partial charge in [-0.15, -0.1) is 0 Å². The number of aromatic carboxylic acids is 1. The van der Waals surface area contributed by atoms with E-state index in [0.29, 0.717) is 16.8 Å². The summed E-state index contributed by atoms with van der Waals surface area (Å²) in [5.74, 6) is -1.53. The fourth-order valence-electron chi connectivity index (χ4n) is 3.35. The van der Waals surface area contributed by atoms with Crippen LogP contribution in [0.2, 0.25) is 5.02 Å². The van der Waals surface area contributed by atoms with Gasteiger partial charge in [0.05, 0.1) is 28.5 Å². The van der Waals surface area contributed by atoms with Crippen molar-refractivity contribution in [1.82, 2.24) is 4.57 Å². The van der Waals surface area contributed by atoms with E-state index in [1.165, 1.54) is 23.8 Å². The van der Waals surface area contributed by atoms with Crippen molar-refractivity contribution in [1.29, 1.82) is 0 Å². The molecule has 0 radical (unpaired) electrons. The van der Waals surface area contributed by atoms with Crippen molar-refractivity contribution in [2.45, 2.75) is 29.5 Å². The fourth-order valence-corrected chi connectivity index (χ4v) is 5.16. The number of rotatable bonds is 3. The van der Waals surface area contributed by atoms with E-state index in [1.807, 2.05) is 0 Å². The molecule has 1 fully saturated rings. The summed E-state index contributed by atoms with van der Waals surface area (Å²) in [6, 6.07) is 3.84. The molecule has 1 aliphatic carbocycles. The quantitative estimate of drug-likeness (QED) is 0.856. The highest BCUT2D eigenvalue weighted by molar-refractivity contribution is 7.90. The number of nitrogens with zero attached hydrogens (tertiary/aromatic N) is 1. The normalized spacial score (nSPS) is 17.3. The number of ether oxygens (including phenoxy) is 1. The number of carboxylic acids is 1. The zero-order valence-corrected chi connectivity index (χ0v) is 15.2. The Labute approximate surface area is 153 Å². The van der Waals surface area contributed by atoms with Gasteiger partial charge in [0.1, 0.15) is 11.3 Å². The van der Waals surface area contributed by atoms with Crippen LogP contribution in [0.15, 0.2) is 27.9 Å². The smallest absolute Gasteiger partial charge is 0.341 e. The van der Waals surface area contributed by atoms with E-state index < -0.39 is 26.9 Å². The highest BCUT2D eigenvalue weighted by atomic mass is 35.5. The average molecular weight is 396 g/mol. The molecule has 1 aliphatic heterocycles. The van der Waals surface area contributed by atoms with E-state index in [-0.39, 0.29) is 27.5 Å². The fraction of sp³-hybridized carbons (Fsp3) is 0.294. The van der Waals surface area contributed by atoms with Gasteiger partial charge in [-0.05, 0) is 30.5 Å². The molecule has 0 spiro atoms. The molecule has 7 nitrogen and oxygen atoms in total. The predicted molar refractivity (Wildman–Crippen MR) is 93.8 cm³/mol. The maximum atomic E-state index is 12.7. The number of hydrogen-bond acceptors (Lipinski definition) is 5. The van der Waals surface area contributed by atoms with Crippen molar-refractivity contribution >= 4 is 27.4 Å². The first kappa shape index (κ1) is 17.1. The van der Waals surface area contributed by atoms with E-state index in [9.17, 15) is 23.1 Å². The van der Waals surface area contributed by atoms with Gasteiger partial charge < -0.3 is 14.4 Å². The van der Waals surface area contributed by atoms with Crippen molar-refractivity contribution in [2.75, 3.05) is 7.11 Å². The number of pyridine rings is 1. The number of hydrogen-bond donors (Lipinski definition) is 1. The minimum Gasteiger partial charge on any atom is -0.495 e. The second-order valence-electron chi connectivity index (χ2n) is 6.39. The lowest BCUT2D eigenvalue weighted by atomic mass is 10.0. The molecule has 1 N–H and O–H groups in total. The molecule has 136 valence electrons. The number of fused-ring (bicyclic) bond motifs is 3. The molecule has 2 heterocycles. The number of carbonyl (C=O) groups is 1. The number of halogens is 1. The highest BCUT2D eigenvalue weighted by Crippen LogP contribution is 2.45. The van der Waals surface area contributed by atoms with Crippen molar-refractivity contribution in [3.63, 3.8) is 0 Å². The Balaban J connectivity index is 2.14. The van der Waals surface area contributed by atoms with Gasteiger partial charge in [0.25, 0.3) is 5.56 Å². The van der Waals surface area contributed by atoms with Crippen molar-refractivity contribution in [2.24, 2.45) is 0 Å². The van der Waals surface area contributed by atoms with Gasteiger partial charge >= 0.3 is 5.97 Å². The third-order valence-electron chi connectivity index (χ3n) is 4.64. The summed E-state index contributed by atoms with van der Waals surface area (Å²) in [6.07, 6.45) is 1.47. The molecule has 0 saturated heterocycles. The van der Waals surface area contributed by atoms with Gasteiger partial charge in [0.2, 0.25) is 0 Å². The SMILES string of the molecule is COc1cc2c(cc1Cl)-c1c(cc(C(=O)O)c(=O)n1C1CC1)CS2(=O)=O. The third-order valence-corrected chi connectivity index (χ3v) is 6.64. The summed E-state index contributed by atoms with van der Waals surface area (Å²) in [5.41, 5.74) is -0.0256. The van der Waals surface area contributed by atoms with Crippen LogP contribution in [-0.4, -0.2) is 31.2 Å². The zero-order valence-electron chi connectivity index (χ0n) is 13.7. The minimum atomic E-state index is -3.73. The molecule has 9 heteroatoms. The molecule has 1 aromatic carbocycles. The maximum Gasteiger partial charge on any atom is 0.341 e. The molecule has 0 unspecified atom stereocenters. The predicted octanol–water partition coefficient (Wildman–Crippen LogP) is 2.50. The van der Waals surface area contributed by atoms with Gasteiger partial charge in [-0.2, -0.15) is 0 Å². The second-order valence-corrected chi connectivity index (χ2v) is 8.75. The summed E-state index contributed by atoms with van der Waals surface area (Å²) in [4.78, 5) is 24.2. The van der Waals surface area contributed by atoms with Crippen molar-refractivity contribution in [3.8, 4) is 17.0 Å². The average Bonchev–Trinajstić information content (AvgIpc) is 3.38. The molecule has 1 aromatic heterocycles. The largest absolute Gasteiger partial charge is 0.495 e. The van der Waals surface area contributed by atoms with Gasteiger partial charge in [-0.1, -0.05) is 11.6 Å². The highest BCUT2D eigenvalue weighted by Gasteiger charge is 2.37. The molecule has 26 heavy (non-hydrogen) atoms. The first-order valence-electron chi connectivity index (χ1n) is 7.87. The Hall–Kier alpha value is -2.32. The Morgan fingerprint density at radius 1 is 1.31 bits per heavy atom. The molecular formula is C17H14ClNO6S. The number of benzene rings is 1. The van der Waals surface area contributed by atoms with E-state index >= 15 is 0 Å². The topological polar surface area (TPSA) is 103 Å².